The maximum absolute atomic E-state index is 9.00. The van der Waals surface area contributed by atoms with Gasteiger partial charge in [-0.25, -0.2) is 0 Å². The van der Waals surface area contributed by atoms with Crippen LogP contribution in [0, 0.1) is 11.3 Å². The molecule has 0 spiro atoms. The number of likely N-dealkylation sites (N-methyl/N-ethyl adjacent to an activating group) is 1. The molecule has 0 heterocycles. The van der Waals surface area contributed by atoms with Crippen molar-refractivity contribution < 1.29 is 9.47 Å². The van der Waals surface area contributed by atoms with Crippen LogP contribution in [0.5, 0.6) is 11.5 Å². The highest BCUT2D eigenvalue weighted by Gasteiger charge is 2.08. The minimum atomic E-state index is 0.614. The van der Waals surface area contributed by atoms with E-state index in [-0.39, 0.29) is 0 Å². The van der Waals surface area contributed by atoms with E-state index in [1.807, 2.05) is 43.4 Å². The fourth-order valence-electron chi connectivity index (χ4n) is 2.76. The summed E-state index contributed by atoms with van der Waals surface area (Å²) in [6.45, 7) is 1.41. The molecule has 0 aliphatic carbocycles. The van der Waals surface area contributed by atoms with E-state index in [4.69, 9.17) is 14.7 Å². The summed E-state index contributed by atoms with van der Waals surface area (Å²) in [5.74, 6) is 2.27. The Balaban J connectivity index is 1.93. The van der Waals surface area contributed by atoms with Crippen LogP contribution in [0.25, 0.3) is 0 Å². The molecule has 1 N–H and O–H groups in total. The molecule has 0 radical (unpaired) electrons. The first-order valence-electron chi connectivity index (χ1n) is 8.73. The number of hydrogen-bond acceptors (Lipinski definition) is 4. The van der Waals surface area contributed by atoms with Crippen molar-refractivity contribution in [1.29, 1.82) is 5.26 Å². The van der Waals surface area contributed by atoms with Crippen LogP contribution in [0.1, 0.15) is 16.7 Å². The fourth-order valence-corrected chi connectivity index (χ4v) is 2.76. The molecule has 6 heteroatoms. The van der Waals surface area contributed by atoms with Crippen molar-refractivity contribution in [2.75, 3.05) is 34.9 Å². The van der Waals surface area contributed by atoms with Crippen LogP contribution in [-0.2, 0) is 13.0 Å². The van der Waals surface area contributed by atoms with Crippen molar-refractivity contribution in [3.8, 4) is 17.6 Å². The number of rotatable bonds is 7. The summed E-state index contributed by atoms with van der Waals surface area (Å²) in [6.07, 6.45) is 0.849. The molecule has 0 unspecified atom stereocenters. The van der Waals surface area contributed by atoms with Crippen LogP contribution in [-0.4, -0.2) is 45.7 Å². The third-order valence-corrected chi connectivity index (χ3v) is 4.26. The molecule has 27 heavy (non-hydrogen) atoms. The Hall–Kier alpha value is -3.20. The van der Waals surface area contributed by atoms with Crippen molar-refractivity contribution in [3.05, 3.63) is 59.2 Å². The molecule has 0 aliphatic rings. The molecule has 2 rings (SSSR count). The zero-order valence-corrected chi connectivity index (χ0v) is 16.3. The number of hydrogen-bond donors (Lipinski definition) is 1. The maximum Gasteiger partial charge on any atom is 0.193 e. The van der Waals surface area contributed by atoms with E-state index in [9.17, 15) is 0 Å². The molecule has 0 saturated carbocycles. The average Bonchev–Trinajstić information content (AvgIpc) is 2.72. The van der Waals surface area contributed by atoms with E-state index in [0.29, 0.717) is 12.1 Å². The lowest BCUT2D eigenvalue weighted by Crippen LogP contribution is -2.39. The molecule has 0 saturated heterocycles. The Morgan fingerprint density at radius 2 is 1.89 bits per heavy atom. The van der Waals surface area contributed by atoms with Crippen LogP contribution >= 0.6 is 0 Å². The highest BCUT2D eigenvalue weighted by molar-refractivity contribution is 5.79. The van der Waals surface area contributed by atoms with Gasteiger partial charge in [-0.05, 0) is 41.8 Å². The van der Waals surface area contributed by atoms with Gasteiger partial charge in [-0.3, -0.25) is 4.99 Å². The molecule has 0 fully saturated rings. The summed E-state index contributed by atoms with van der Waals surface area (Å²) in [6, 6.07) is 15.7. The molecule has 0 amide bonds. The van der Waals surface area contributed by atoms with E-state index in [1.165, 1.54) is 0 Å². The Morgan fingerprint density at radius 3 is 2.56 bits per heavy atom. The number of aliphatic imine (C=N–C) groups is 1. The van der Waals surface area contributed by atoms with E-state index in [1.54, 1.807) is 27.3 Å². The first kappa shape index (κ1) is 20.1. The van der Waals surface area contributed by atoms with Crippen molar-refractivity contribution in [3.63, 3.8) is 0 Å². The predicted octanol–water partition coefficient (Wildman–Crippen LogP) is 2.83. The maximum atomic E-state index is 9.00. The molecule has 6 nitrogen and oxygen atoms in total. The second kappa shape index (κ2) is 10.1. The minimum Gasteiger partial charge on any atom is -0.493 e. The van der Waals surface area contributed by atoms with Crippen LogP contribution < -0.4 is 14.8 Å². The van der Waals surface area contributed by atoms with E-state index in [0.717, 1.165) is 41.6 Å². The summed E-state index contributed by atoms with van der Waals surface area (Å²) < 4.78 is 10.6. The number of nitrogens with one attached hydrogen (secondary N) is 1. The molecular formula is C21H26N4O2. The number of nitriles is 1. The van der Waals surface area contributed by atoms with Gasteiger partial charge in [0, 0.05) is 27.2 Å². The Labute approximate surface area is 161 Å². The average molecular weight is 366 g/mol. The van der Waals surface area contributed by atoms with Crippen molar-refractivity contribution in [2.45, 2.75) is 13.0 Å². The predicted molar refractivity (Wildman–Crippen MR) is 107 cm³/mol. The van der Waals surface area contributed by atoms with Crippen LogP contribution in [0.15, 0.2) is 47.5 Å². The zero-order chi connectivity index (χ0) is 19.6. The molecule has 0 atom stereocenters. The standard InChI is InChI=1S/C21H26N4O2/c1-23-21(24-15-18-7-5-6-17(12-18)14-22)25(2)11-10-16-8-9-19(26-3)20(13-16)27-4/h5-9,12-13H,10-11,15H2,1-4H3,(H,23,24). The van der Waals surface area contributed by atoms with E-state index in [2.05, 4.69) is 21.3 Å². The van der Waals surface area contributed by atoms with Crippen molar-refractivity contribution in [1.82, 2.24) is 10.2 Å². The summed E-state index contributed by atoms with van der Waals surface area (Å²) in [4.78, 5) is 6.42. The smallest absolute Gasteiger partial charge is 0.193 e. The van der Waals surface area contributed by atoms with Crippen LogP contribution in [0.2, 0.25) is 0 Å². The van der Waals surface area contributed by atoms with E-state index < -0.39 is 0 Å². The summed E-state index contributed by atoms with van der Waals surface area (Å²) in [5, 5.41) is 12.3. The SMILES string of the molecule is CN=C(NCc1cccc(C#N)c1)N(C)CCc1ccc(OC)c(OC)c1. The third-order valence-electron chi connectivity index (χ3n) is 4.26. The van der Waals surface area contributed by atoms with Gasteiger partial charge in [0.15, 0.2) is 17.5 Å². The van der Waals surface area contributed by atoms with Crippen molar-refractivity contribution in [2.24, 2.45) is 4.99 Å². The zero-order valence-electron chi connectivity index (χ0n) is 16.3. The molecule has 142 valence electrons. The Kier molecular flexibility index (Phi) is 7.50. The van der Waals surface area contributed by atoms with Crippen LogP contribution in [0.3, 0.4) is 0 Å². The van der Waals surface area contributed by atoms with Gasteiger partial charge in [0.05, 0.1) is 25.9 Å². The summed E-state index contributed by atoms with van der Waals surface area (Å²) in [7, 11) is 7.04. The second-order valence-corrected chi connectivity index (χ2v) is 6.07. The highest BCUT2D eigenvalue weighted by Crippen LogP contribution is 2.27. The topological polar surface area (TPSA) is 69.9 Å². The fraction of sp³-hybridized carbons (Fsp3) is 0.333. The Morgan fingerprint density at radius 1 is 1.11 bits per heavy atom. The van der Waals surface area contributed by atoms with Crippen molar-refractivity contribution >= 4 is 5.96 Å². The highest BCUT2D eigenvalue weighted by atomic mass is 16.5. The number of nitrogens with zero attached hydrogens (tertiary/aromatic N) is 3. The number of ether oxygens (including phenoxy) is 2. The van der Waals surface area contributed by atoms with Gasteiger partial charge >= 0.3 is 0 Å². The number of guanidine groups is 1. The van der Waals surface area contributed by atoms with Gasteiger partial charge in [0.25, 0.3) is 0 Å². The summed E-state index contributed by atoms with van der Waals surface area (Å²) in [5.41, 5.74) is 2.87. The van der Waals surface area contributed by atoms with Gasteiger partial charge in [0.2, 0.25) is 0 Å². The normalized spacial score (nSPS) is 10.9. The minimum absolute atomic E-state index is 0.614. The molecule has 0 aromatic heterocycles. The second-order valence-electron chi connectivity index (χ2n) is 6.07. The lowest BCUT2D eigenvalue weighted by Gasteiger charge is -2.22. The Bertz CT molecular complexity index is 827. The quantitative estimate of drug-likeness (QED) is 0.603. The first-order chi connectivity index (χ1) is 13.1. The molecule has 0 aliphatic heterocycles. The molecule has 2 aromatic carbocycles. The van der Waals surface area contributed by atoms with Crippen LogP contribution in [0.4, 0.5) is 0 Å². The molecule has 0 bridgehead atoms. The van der Waals surface area contributed by atoms with E-state index >= 15 is 0 Å². The largest absolute Gasteiger partial charge is 0.493 e. The third kappa shape index (κ3) is 5.65. The van der Waals surface area contributed by atoms with Gasteiger partial charge in [0.1, 0.15) is 0 Å². The number of methoxy groups -OCH3 is 2. The lowest BCUT2D eigenvalue weighted by molar-refractivity contribution is 0.354. The molecular weight excluding hydrogens is 340 g/mol. The van der Waals surface area contributed by atoms with Gasteiger partial charge < -0.3 is 19.7 Å². The summed E-state index contributed by atoms with van der Waals surface area (Å²) >= 11 is 0. The lowest BCUT2D eigenvalue weighted by atomic mass is 10.1. The van der Waals surface area contributed by atoms with Gasteiger partial charge in [-0.15, -0.1) is 0 Å². The number of benzene rings is 2. The van der Waals surface area contributed by atoms with Gasteiger partial charge in [-0.2, -0.15) is 5.26 Å². The molecule has 2 aromatic rings. The monoisotopic (exact) mass is 366 g/mol. The van der Waals surface area contributed by atoms with Gasteiger partial charge in [-0.1, -0.05) is 18.2 Å². The first-order valence-corrected chi connectivity index (χ1v) is 8.73.